The zero-order valence-electron chi connectivity index (χ0n) is 9.12. The summed E-state index contributed by atoms with van der Waals surface area (Å²) in [5, 5.41) is 10.8. The number of ether oxygens (including phenoxy) is 1. The third-order valence-corrected chi connectivity index (χ3v) is 3.29. The lowest BCUT2D eigenvalue weighted by atomic mass is 10.5. The molecule has 9 heteroatoms. The molecular weight excluding hydrogens is 280 g/mol. The van der Waals surface area contributed by atoms with E-state index >= 15 is 0 Å². The van der Waals surface area contributed by atoms with Gasteiger partial charge < -0.3 is 19.3 Å². The number of alkyl carbamates (subject to hydrolysis) is 1. The van der Waals surface area contributed by atoms with Crippen LogP contribution in [0, 0.1) is 0 Å². The number of carbonyl (C=O) groups is 2. The van der Waals surface area contributed by atoms with Gasteiger partial charge in [0.05, 0.1) is 17.7 Å². The largest absolute Gasteiger partial charge is 0.518 e. The maximum absolute atomic E-state index is 11.1. The van der Waals surface area contributed by atoms with Crippen LogP contribution < -0.4 is 5.32 Å². The summed E-state index contributed by atoms with van der Waals surface area (Å²) >= 11 is 1.90. The minimum absolute atomic E-state index is 0.118. The smallest absolute Gasteiger partial charge is 0.449 e. The topological polar surface area (TPSA) is 97.8 Å². The number of nitrogens with one attached hydrogen (secondary N) is 1. The van der Waals surface area contributed by atoms with Gasteiger partial charge in [0.15, 0.2) is 0 Å². The van der Waals surface area contributed by atoms with Gasteiger partial charge in [-0.3, -0.25) is 0 Å². The van der Waals surface area contributed by atoms with Gasteiger partial charge in [-0.15, -0.1) is 11.3 Å². The summed E-state index contributed by atoms with van der Waals surface area (Å²) in [6.07, 6.45) is -0.541. The van der Waals surface area contributed by atoms with Crippen LogP contribution in [0.2, 0.25) is 0 Å². The fraction of sp³-hybridized carbons (Fsp3) is 0.222. The van der Waals surface area contributed by atoms with E-state index in [-0.39, 0.29) is 13.2 Å². The molecule has 7 nitrogen and oxygen atoms in total. The number of hydrogen-bond donors (Lipinski definition) is 2. The molecule has 0 fully saturated rings. The molecule has 0 aromatic carbocycles. The average molecular weight is 290 g/mol. The van der Waals surface area contributed by atoms with Gasteiger partial charge in [-0.25, -0.2) is 14.6 Å². The number of carboxylic acid groups (broad SMARTS) is 1. The van der Waals surface area contributed by atoms with E-state index in [2.05, 4.69) is 21.1 Å². The predicted molar refractivity (Wildman–Crippen MR) is 65.5 cm³/mol. The van der Waals surface area contributed by atoms with E-state index in [0.717, 1.165) is 0 Å². The van der Waals surface area contributed by atoms with Crippen molar-refractivity contribution in [3.63, 3.8) is 0 Å². The molecule has 1 aromatic rings. The second kappa shape index (κ2) is 7.56. The first-order valence-corrected chi connectivity index (χ1v) is 6.27. The molecule has 18 heavy (non-hydrogen) atoms. The van der Waals surface area contributed by atoms with Crippen molar-refractivity contribution in [3.8, 4) is 0 Å². The quantitative estimate of drug-likeness (QED) is 0.612. The highest BCUT2D eigenvalue weighted by Crippen LogP contribution is 2.27. The Bertz CT molecular complexity index is 434. The van der Waals surface area contributed by atoms with Crippen LogP contribution in [0.3, 0.4) is 0 Å². The average Bonchev–Trinajstić information content (AvgIpc) is 2.78. The Morgan fingerprint density at radius 2 is 2.44 bits per heavy atom. The van der Waals surface area contributed by atoms with Crippen LogP contribution in [0.5, 0.6) is 0 Å². The van der Waals surface area contributed by atoms with Crippen LogP contribution in [0.25, 0.3) is 0 Å². The molecule has 0 radical (unpaired) electrons. The third kappa shape index (κ3) is 5.06. The molecule has 0 bridgehead atoms. The highest BCUT2D eigenvalue weighted by atomic mass is 32.2. The van der Waals surface area contributed by atoms with Gasteiger partial charge in [-0.1, -0.05) is 12.7 Å². The first-order chi connectivity index (χ1) is 8.63. The summed E-state index contributed by atoms with van der Waals surface area (Å²) in [4.78, 5) is 25.3. The van der Waals surface area contributed by atoms with Crippen LogP contribution in [-0.2, 0) is 15.5 Å². The summed E-state index contributed by atoms with van der Waals surface area (Å²) in [6.45, 7) is 3.65. The van der Waals surface area contributed by atoms with Gasteiger partial charge in [0, 0.05) is 0 Å². The van der Waals surface area contributed by atoms with Crippen LogP contribution >= 0.6 is 23.4 Å². The fourth-order valence-corrected chi connectivity index (χ4v) is 2.15. The first-order valence-electron chi connectivity index (χ1n) is 4.64. The van der Waals surface area contributed by atoms with Crippen LogP contribution in [0.1, 0.15) is 5.69 Å². The molecule has 0 aliphatic heterocycles. The molecule has 98 valence electrons. The molecular formula is C9H10N2O5S2. The molecule has 0 spiro atoms. The van der Waals surface area contributed by atoms with Gasteiger partial charge >= 0.3 is 12.2 Å². The number of carbonyl (C=O) groups excluding carboxylic acids is 1. The van der Waals surface area contributed by atoms with E-state index < -0.39 is 12.2 Å². The Hall–Kier alpha value is -1.74. The highest BCUT2D eigenvalue weighted by Gasteiger charge is 2.11. The predicted octanol–water partition coefficient (Wildman–Crippen LogP) is 2.26. The van der Waals surface area contributed by atoms with Crippen molar-refractivity contribution in [2.24, 2.45) is 0 Å². The molecule has 0 saturated carbocycles. The molecule has 1 heterocycles. The molecule has 0 aliphatic rings. The Morgan fingerprint density at radius 3 is 3.11 bits per heavy atom. The lowest BCUT2D eigenvalue weighted by Gasteiger charge is -2.04. The summed E-state index contributed by atoms with van der Waals surface area (Å²) in [7, 11) is 0. The van der Waals surface area contributed by atoms with E-state index in [1.54, 1.807) is 0 Å². The zero-order valence-corrected chi connectivity index (χ0v) is 10.8. The van der Waals surface area contributed by atoms with Crippen molar-refractivity contribution >= 4 is 35.6 Å². The number of nitrogens with zero attached hydrogens (tertiary/aromatic N) is 1. The van der Waals surface area contributed by atoms with Gasteiger partial charge in [0.2, 0.25) is 0 Å². The zero-order chi connectivity index (χ0) is 13.4. The molecule has 0 atom stereocenters. The standard InChI is InChI=1S/C9H10N2O5S2/c1-2-3-15-8(12)10-4-6-7(17-5-11-6)18-16-9(13)14/h2,5H,1,3-4H2,(H,10,12)(H,13,14). The van der Waals surface area contributed by atoms with Crippen molar-refractivity contribution in [1.29, 1.82) is 0 Å². The van der Waals surface area contributed by atoms with E-state index in [9.17, 15) is 9.59 Å². The number of hydrogen-bond acceptors (Lipinski definition) is 7. The maximum Gasteiger partial charge on any atom is 0.518 e. The van der Waals surface area contributed by atoms with Crippen molar-refractivity contribution in [3.05, 3.63) is 23.9 Å². The first kappa shape index (κ1) is 14.3. The fourth-order valence-electron chi connectivity index (χ4n) is 0.859. The van der Waals surface area contributed by atoms with E-state index in [0.29, 0.717) is 21.9 Å². The van der Waals surface area contributed by atoms with Crippen molar-refractivity contribution in [2.45, 2.75) is 10.8 Å². The van der Waals surface area contributed by atoms with Crippen LogP contribution in [0.4, 0.5) is 9.59 Å². The van der Waals surface area contributed by atoms with Crippen molar-refractivity contribution in [1.82, 2.24) is 10.3 Å². The minimum Gasteiger partial charge on any atom is -0.449 e. The van der Waals surface area contributed by atoms with E-state index in [4.69, 9.17) is 9.84 Å². The SMILES string of the molecule is C=CCOC(=O)NCc1ncsc1SOC(=O)O. The number of amides is 1. The van der Waals surface area contributed by atoms with Gasteiger partial charge in [0.25, 0.3) is 0 Å². The molecule has 0 aliphatic carbocycles. The van der Waals surface area contributed by atoms with Gasteiger partial charge in [-0.2, -0.15) is 0 Å². The van der Waals surface area contributed by atoms with Crippen molar-refractivity contribution < 1.29 is 23.6 Å². The summed E-state index contributed by atoms with van der Waals surface area (Å²) in [5.41, 5.74) is 2.04. The monoisotopic (exact) mass is 290 g/mol. The van der Waals surface area contributed by atoms with Gasteiger partial charge in [0.1, 0.15) is 22.9 Å². The molecule has 1 rings (SSSR count). The Kier molecular flexibility index (Phi) is 6.01. The molecule has 0 saturated heterocycles. The molecule has 1 amide bonds. The second-order valence-corrected chi connectivity index (χ2v) is 4.61. The number of aromatic nitrogens is 1. The Labute approximate surface area is 111 Å². The Balaban J connectivity index is 2.42. The van der Waals surface area contributed by atoms with E-state index in [1.807, 2.05) is 0 Å². The maximum atomic E-state index is 11.1. The minimum atomic E-state index is -1.39. The molecule has 1 aromatic heterocycles. The molecule has 0 unspecified atom stereocenters. The van der Waals surface area contributed by atoms with Crippen LogP contribution in [-0.4, -0.2) is 28.9 Å². The Morgan fingerprint density at radius 1 is 1.67 bits per heavy atom. The summed E-state index contributed by atoms with van der Waals surface area (Å²) < 4.78 is 9.60. The number of thiazole rings is 1. The lowest BCUT2D eigenvalue weighted by molar-refractivity contribution is 0.152. The normalized spacial score (nSPS) is 9.56. The third-order valence-electron chi connectivity index (χ3n) is 1.53. The van der Waals surface area contributed by atoms with Gasteiger partial charge in [-0.05, 0) is 0 Å². The molecule has 2 N–H and O–H groups in total. The van der Waals surface area contributed by atoms with Crippen LogP contribution in [0.15, 0.2) is 22.4 Å². The number of rotatable bonds is 6. The summed E-state index contributed by atoms with van der Waals surface area (Å²) in [5.74, 6) is 0. The second-order valence-electron chi connectivity index (χ2n) is 2.76. The summed E-state index contributed by atoms with van der Waals surface area (Å²) in [6, 6.07) is 0. The lowest BCUT2D eigenvalue weighted by Crippen LogP contribution is -2.24. The van der Waals surface area contributed by atoms with Crippen molar-refractivity contribution in [2.75, 3.05) is 6.61 Å². The van der Waals surface area contributed by atoms with E-state index in [1.165, 1.54) is 22.9 Å². The highest BCUT2D eigenvalue weighted by molar-refractivity contribution is 7.97.